The van der Waals surface area contributed by atoms with Crippen LogP contribution in [-0.2, 0) is 9.63 Å². The van der Waals surface area contributed by atoms with Gasteiger partial charge in [0.05, 0.1) is 4.90 Å². The SMILES string of the molecule is O=S(O)(O)(CC(F)(F)F)c1ccc(F)cc1F. The first-order valence-corrected chi connectivity index (χ1v) is 6.11. The molecule has 98 valence electrons. The van der Waals surface area contributed by atoms with E-state index in [0.29, 0.717) is 12.1 Å². The first-order valence-electron chi connectivity index (χ1n) is 4.06. The molecular weight excluding hydrogens is 271 g/mol. The summed E-state index contributed by atoms with van der Waals surface area (Å²) in [7, 11) is -6.41. The molecule has 0 aromatic heterocycles. The Kier molecular flexibility index (Phi) is 3.06. The Morgan fingerprint density at radius 1 is 1.18 bits per heavy atom. The van der Waals surface area contributed by atoms with Crippen molar-refractivity contribution in [2.24, 2.45) is 0 Å². The summed E-state index contributed by atoms with van der Waals surface area (Å²) in [4.78, 5) is -1.49. The number of rotatable bonds is 2. The Hall–Kier alpha value is -1.06. The van der Waals surface area contributed by atoms with Crippen molar-refractivity contribution in [1.29, 1.82) is 0 Å². The summed E-state index contributed by atoms with van der Waals surface area (Å²) < 4.78 is 91.1. The van der Waals surface area contributed by atoms with E-state index in [0.717, 1.165) is 0 Å². The molecule has 9 heteroatoms. The van der Waals surface area contributed by atoms with Crippen LogP contribution in [0.1, 0.15) is 0 Å². The maximum Gasteiger partial charge on any atom is 0.403 e. The molecule has 0 saturated carbocycles. The summed E-state index contributed by atoms with van der Waals surface area (Å²) >= 11 is 0. The van der Waals surface area contributed by atoms with Gasteiger partial charge in [0, 0.05) is 6.07 Å². The Labute approximate surface area is 92.3 Å². The highest BCUT2D eigenvalue weighted by atomic mass is 32.3. The van der Waals surface area contributed by atoms with Crippen LogP contribution in [0, 0.1) is 11.6 Å². The lowest BCUT2D eigenvalue weighted by Crippen LogP contribution is -2.42. The molecular formula is C8H7F5O3S. The maximum atomic E-state index is 13.1. The van der Waals surface area contributed by atoms with Crippen LogP contribution >= 0.6 is 0 Å². The predicted octanol–water partition coefficient (Wildman–Crippen LogP) is 2.65. The summed E-state index contributed by atoms with van der Waals surface area (Å²) in [6.45, 7) is 0. The lowest BCUT2D eigenvalue weighted by atomic mass is 10.3. The third-order valence-corrected chi connectivity index (χ3v) is 3.82. The van der Waals surface area contributed by atoms with Gasteiger partial charge in [0.25, 0.3) is 0 Å². The standard InChI is InChI=1S/C8H7F5O3S/c9-5-1-2-7(6(10)3-5)17(14,15,16)4-8(11,12)13/h1-3H,4H2,(H2,14,15,16). The normalized spacial score (nSPS) is 15.4. The van der Waals surface area contributed by atoms with Crippen LogP contribution in [0.5, 0.6) is 0 Å². The van der Waals surface area contributed by atoms with Crippen molar-refractivity contribution in [2.75, 3.05) is 5.75 Å². The molecule has 1 aromatic rings. The van der Waals surface area contributed by atoms with Crippen molar-refractivity contribution >= 4 is 9.63 Å². The zero-order chi connectivity index (χ0) is 13.5. The van der Waals surface area contributed by atoms with Gasteiger partial charge in [-0.15, -0.1) is 0 Å². The van der Waals surface area contributed by atoms with Crippen LogP contribution in [0.3, 0.4) is 0 Å². The van der Waals surface area contributed by atoms with E-state index in [-0.39, 0.29) is 6.07 Å². The van der Waals surface area contributed by atoms with Gasteiger partial charge in [-0.3, -0.25) is 0 Å². The van der Waals surface area contributed by atoms with Gasteiger partial charge < -0.3 is 9.11 Å². The fourth-order valence-corrected chi connectivity index (χ4v) is 2.72. The van der Waals surface area contributed by atoms with Gasteiger partial charge in [-0.05, 0) is 12.1 Å². The molecule has 3 nitrogen and oxygen atoms in total. The van der Waals surface area contributed by atoms with Gasteiger partial charge in [-0.2, -0.15) is 13.2 Å². The van der Waals surface area contributed by atoms with E-state index in [1.54, 1.807) is 0 Å². The quantitative estimate of drug-likeness (QED) is 0.818. The molecule has 0 aliphatic heterocycles. The molecule has 0 radical (unpaired) electrons. The number of benzene rings is 1. The smallest absolute Gasteiger partial charge is 0.304 e. The van der Waals surface area contributed by atoms with Crippen molar-refractivity contribution in [3.8, 4) is 0 Å². The van der Waals surface area contributed by atoms with Crippen LogP contribution in [0.4, 0.5) is 22.0 Å². The zero-order valence-electron chi connectivity index (χ0n) is 8.04. The highest BCUT2D eigenvalue weighted by Crippen LogP contribution is 2.36. The van der Waals surface area contributed by atoms with Crippen molar-refractivity contribution in [2.45, 2.75) is 11.1 Å². The monoisotopic (exact) mass is 278 g/mol. The molecule has 1 aromatic carbocycles. The first kappa shape index (κ1) is 14.0. The van der Waals surface area contributed by atoms with Crippen LogP contribution in [-0.4, -0.2) is 25.2 Å². The van der Waals surface area contributed by atoms with E-state index < -0.39 is 38.1 Å². The highest BCUT2D eigenvalue weighted by Gasteiger charge is 2.47. The van der Waals surface area contributed by atoms with Crippen LogP contribution in [0.15, 0.2) is 23.1 Å². The highest BCUT2D eigenvalue weighted by molar-refractivity contribution is 8.10. The third-order valence-electron chi connectivity index (χ3n) is 1.76. The molecule has 0 heterocycles. The summed E-state index contributed by atoms with van der Waals surface area (Å²) in [5, 5.41) is 0. The largest absolute Gasteiger partial charge is 0.403 e. The molecule has 0 bridgehead atoms. The van der Waals surface area contributed by atoms with Crippen molar-refractivity contribution in [3.63, 3.8) is 0 Å². The molecule has 0 saturated heterocycles. The van der Waals surface area contributed by atoms with E-state index in [1.807, 2.05) is 0 Å². The molecule has 0 unspecified atom stereocenters. The minimum Gasteiger partial charge on any atom is -0.304 e. The van der Waals surface area contributed by atoms with Crippen LogP contribution < -0.4 is 0 Å². The number of hydrogen-bond acceptors (Lipinski definition) is 1. The fourth-order valence-electron chi connectivity index (χ4n) is 1.18. The van der Waals surface area contributed by atoms with Crippen molar-refractivity contribution < 1.29 is 35.3 Å². The molecule has 0 atom stereocenters. The minimum atomic E-state index is -6.41. The lowest BCUT2D eigenvalue weighted by molar-refractivity contribution is -0.109. The maximum absolute atomic E-state index is 13.1. The van der Waals surface area contributed by atoms with Gasteiger partial charge in [0.2, 0.25) is 0 Å². The first-order chi connectivity index (χ1) is 7.39. The summed E-state index contributed by atoms with van der Waals surface area (Å²) in [6.07, 6.45) is -5.19. The lowest BCUT2D eigenvalue weighted by Gasteiger charge is -2.31. The van der Waals surface area contributed by atoms with Crippen molar-refractivity contribution in [3.05, 3.63) is 29.8 Å². The Morgan fingerprint density at radius 2 is 1.71 bits per heavy atom. The zero-order valence-corrected chi connectivity index (χ0v) is 8.86. The summed E-state index contributed by atoms with van der Waals surface area (Å²) in [5.41, 5.74) is 0. The minimum absolute atomic E-state index is 0.103. The predicted molar refractivity (Wildman–Crippen MR) is 48.9 cm³/mol. The van der Waals surface area contributed by atoms with E-state index in [9.17, 15) is 26.2 Å². The molecule has 0 aliphatic carbocycles. The second-order valence-electron chi connectivity index (χ2n) is 3.35. The van der Waals surface area contributed by atoms with Gasteiger partial charge in [-0.1, -0.05) is 0 Å². The number of halogens is 5. The topological polar surface area (TPSA) is 57.5 Å². The van der Waals surface area contributed by atoms with E-state index in [4.69, 9.17) is 9.11 Å². The molecule has 2 N–H and O–H groups in total. The molecule has 0 aliphatic rings. The second-order valence-corrected chi connectivity index (χ2v) is 6.11. The molecule has 17 heavy (non-hydrogen) atoms. The van der Waals surface area contributed by atoms with Gasteiger partial charge in [0.15, 0.2) is 0 Å². The average Bonchev–Trinajstić information content (AvgIpc) is 1.95. The van der Waals surface area contributed by atoms with E-state index in [2.05, 4.69) is 0 Å². The summed E-state index contributed by atoms with van der Waals surface area (Å²) in [5.74, 6) is -5.40. The average molecular weight is 278 g/mol. The van der Waals surface area contributed by atoms with E-state index in [1.165, 1.54) is 0 Å². The second kappa shape index (κ2) is 3.72. The Bertz CT molecular complexity index is 504. The van der Waals surface area contributed by atoms with E-state index >= 15 is 0 Å². The number of hydrogen-bond donors (Lipinski definition) is 2. The summed E-state index contributed by atoms with van der Waals surface area (Å²) in [6, 6.07) is 0.867. The Morgan fingerprint density at radius 3 is 2.12 bits per heavy atom. The Balaban J connectivity index is 3.34. The third kappa shape index (κ3) is 3.45. The van der Waals surface area contributed by atoms with Crippen molar-refractivity contribution in [1.82, 2.24) is 0 Å². The number of alkyl halides is 3. The van der Waals surface area contributed by atoms with Gasteiger partial charge in [0.1, 0.15) is 27.0 Å². The van der Waals surface area contributed by atoms with Gasteiger partial charge >= 0.3 is 6.18 Å². The van der Waals surface area contributed by atoms with Crippen LogP contribution in [0.25, 0.3) is 0 Å². The van der Waals surface area contributed by atoms with Gasteiger partial charge in [-0.25, -0.2) is 13.0 Å². The molecule has 1 rings (SSSR count). The molecule has 0 amide bonds. The molecule has 0 spiro atoms. The van der Waals surface area contributed by atoms with Crippen LogP contribution in [0.2, 0.25) is 0 Å². The fraction of sp³-hybridized carbons (Fsp3) is 0.250. The molecule has 0 fully saturated rings.